The molecule has 0 radical (unpaired) electrons. The van der Waals surface area contributed by atoms with Crippen molar-refractivity contribution < 1.29 is 19.8 Å². The minimum Gasteiger partial charge on any atom is -0.465 e. The third-order valence-corrected chi connectivity index (χ3v) is 2.48. The Balaban J connectivity index is 2.71. The van der Waals surface area contributed by atoms with Crippen molar-refractivity contribution in [2.75, 3.05) is 13.1 Å². The molecule has 1 aliphatic heterocycles. The van der Waals surface area contributed by atoms with Gasteiger partial charge < -0.3 is 20.0 Å². The van der Waals surface area contributed by atoms with Crippen molar-refractivity contribution in [1.82, 2.24) is 9.80 Å². The summed E-state index contributed by atoms with van der Waals surface area (Å²) in [7, 11) is 0. The fraction of sp³-hybridized carbons (Fsp3) is 0.750. The molecule has 1 rings (SSSR count). The van der Waals surface area contributed by atoms with Crippen LogP contribution in [-0.2, 0) is 0 Å². The minimum atomic E-state index is -0.991. The number of hydrogen-bond donors (Lipinski definition) is 2. The first kappa shape index (κ1) is 10.6. The van der Waals surface area contributed by atoms with Crippen LogP contribution in [-0.4, -0.2) is 57.4 Å². The van der Waals surface area contributed by atoms with Crippen molar-refractivity contribution in [2.24, 2.45) is 0 Å². The maximum atomic E-state index is 10.7. The second-order valence-electron chi connectivity index (χ2n) is 3.57. The standard InChI is InChI=1S/C8H14N2O4/c1-5-3-10(8(13)14)6(2)4-9(5)7(11)12/h5-6H,3-4H2,1-2H3,(H,11,12)(H,13,14). The molecule has 0 saturated carbocycles. The quantitative estimate of drug-likeness (QED) is 0.607. The predicted octanol–water partition coefficient (Wildman–Crippen LogP) is 0.737. The molecule has 0 aliphatic carbocycles. The van der Waals surface area contributed by atoms with Crippen molar-refractivity contribution in [1.29, 1.82) is 0 Å². The van der Waals surface area contributed by atoms with E-state index in [2.05, 4.69) is 0 Å². The zero-order valence-corrected chi connectivity index (χ0v) is 8.17. The zero-order valence-electron chi connectivity index (χ0n) is 8.17. The lowest BCUT2D eigenvalue weighted by Gasteiger charge is -2.41. The first-order chi connectivity index (χ1) is 6.43. The van der Waals surface area contributed by atoms with E-state index in [1.807, 2.05) is 0 Å². The Bertz CT molecular complexity index is 230. The highest BCUT2D eigenvalue weighted by molar-refractivity contribution is 5.68. The Morgan fingerprint density at radius 1 is 1.00 bits per heavy atom. The van der Waals surface area contributed by atoms with Crippen LogP contribution < -0.4 is 0 Å². The molecule has 0 aromatic carbocycles. The Labute approximate surface area is 81.7 Å². The summed E-state index contributed by atoms with van der Waals surface area (Å²) in [6, 6.07) is -0.556. The van der Waals surface area contributed by atoms with Gasteiger partial charge in [0.05, 0.1) is 12.1 Å². The van der Waals surface area contributed by atoms with Gasteiger partial charge in [-0.1, -0.05) is 0 Å². The lowest BCUT2D eigenvalue weighted by molar-refractivity contribution is 0.0439. The zero-order chi connectivity index (χ0) is 10.9. The van der Waals surface area contributed by atoms with Gasteiger partial charge in [-0.25, -0.2) is 9.59 Å². The molecule has 1 saturated heterocycles. The molecular weight excluding hydrogens is 188 g/mol. The summed E-state index contributed by atoms with van der Waals surface area (Å²) in [5.41, 5.74) is 0. The largest absolute Gasteiger partial charge is 0.465 e. The van der Waals surface area contributed by atoms with Crippen LogP contribution in [0.4, 0.5) is 9.59 Å². The third-order valence-electron chi connectivity index (χ3n) is 2.48. The number of amides is 2. The second kappa shape index (κ2) is 3.73. The van der Waals surface area contributed by atoms with E-state index in [1.165, 1.54) is 9.80 Å². The lowest BCUT2D eigenvalue weighted by atomic mass is 10.1. The van der Waals surface area contributed by atoms with E-state index < -0.39 is 12.2 Å². The van der Waals surface area contributed by atoms with Gasteiger partial charge in [-0.2, -0.15) is 0 Å². The summed E-state index contributed by atoms with van der Waals surface area (Å²) in [5.74, 6) is 0. The number of hydrogen-bond acceptors (Lipinski definition) is 2. The highest BCUT2D eigenvalue weighted by atomic mass is 16.4. The summed E-state index contributed by atoms with van der Waals surface area (Å²) in [6.45, 7) is 3.89. The van der Waals surface area contributed by atoms with Gasteiger partial charge in [-0.05, 0) is 13.8 Å². The molecule has 6 heteroatoms. The molecule has 1 aliphatic rings. The molecule has 1 fully saturated rings. The third kappa shape index (κ3) is 1.89. The van der Waals surface area contributed by atoms with Crippen LogP contribution in [0.3, 0.4) is 0 Å². The average molecular weight is 202 g/mol. The monoisotopic (exact) mass is 202 g/mol. The highest BCUT2D eigenvalue weighted by Crippen LogP contribution is 2.15. The van der Waals surface area contributed by atoms with Crippen LogP contribution in [0.25, 0.3) is 0 Å². The first-order valence-electron chi connectivity index (χ1n) is 4.42. The van der Waals surface area contributed by atoms with Crippen molar-refractivity contribution in [3.05, 3.63) is 0 Å². The molecular formula is C8H14N2O4. The summed E-state index contributed by atoms with van der Waals surface area (Å²) >= 11 is 0. The lowest BCUT2D eigenvalue weighted by Crippen LogP contribution is -2.59. The van der Waals surface area contributed by atoms with Crippen molar-refractivity contribution in [3.63, 3.8) is 0 Å². The van der Waals surface area contributed by atoms with Crippen LogP contribution >= 0.6 is 0 Å². The van der Waals surface area contributed by atoms with Gasteiger partial charge in [-0.15, -0.1) is 0 Å². The van der Waals surface area contributed by atoms with E-state index in [-0.39, 0.29) is 25.2 Å². The van der Waals surface area contributed by atoms with Crippen LogP contribution in [0.1, 0.15) is 13.8 Å². The summed E-state index contributed by atoms with van der Waals surface area (Å²) in [5, 5.41) is 17.6. The Kier molecular flexibility index (Phi) is 2.83. The van der Waals surface area contributed by atoms with Gasteiger partial charge in [0, 0.05) is 13.1 Å². The highest BCUT2D eigenvalue weighted by Gasteiger charge is 2.34. The maximum absolute atomic E-state index is 10.7. The smallest absolute Gasteiger partial charge is 0.407 e. The Hall–Kier alpha value is -1.46. The predicted molar refractivity (Wildman–Crippen MR) is 48.4 cm³/mol. The fourth-order valence-electron chi connectivity index (χ4n) is 1.66. The topological polar surface area (TPSA) is 81.1 Å². The van der Waals surface area contributed by atoms with E-state index >= 15 is 0 Å². The van der Waals surface area contributed by atoms with E-state index in [0.29, 0.717) is 0 Å². The molecule has 2 atom stereocenters. The van der Waals surface area contributed by atoms with Gasteiger partial charge in [0.2, 0.25) is 0 Å². The molecule has 2 amide bonds. The van der Waals surface area contributed by atoms with E-state index in [4.69, 9.17) is 10.2 Å². The van der Waals surface area contributed by atoms with Crippen molar-refractivity contribution in [3.8, 4) is 0 Å². The molecule has 0 aromatic rings. The second-order valence-corrected chi connectivity index (χ2v) is 3.57. The summed E-state index contributed by atoms with van der Waals surface area (Å²) in [4.78, 5) is 24.0. The van der Waals surface area contributed by atoms with Crippen LogP contribution in [0.15, 0.2) is 0 Å². The Morgan fingerprint density at radius 3 is 1.50 bits per heavy atom. The van der Waals surface area contributed by atoms with Gasteiger partial charge in [0.25, 0.3) is 0 Å². The van der Waals surface area contributed by atoms with Crippen molar-refractivity contribution >= 4 is 12.2 Å². The summed E-state index contributed by atoms with van der Waals surface area (Å²) in [6.07, 6.45) is -1.98. The van der Waals surface area contributed by atoms with Crippen LogP contribution in [0.5, 0.6) is 0 Å². The van der Waals surface area contributed by atoms with Gasteiger partial charge in [0.1, 0.15) is 0 Å². The molecule has 2 N–H and O–H groups in total. The van der Waals surface area contributed by atoms with Crippen molar-refractivity contribution in [2.45, 2.75) is 25.9 Å². The molecule has 0 spiro atoms. The molecule has 1 heterocycles. The average Bonchev–Trinajstić information content (AvgIpc) is 2.07. The molecule has 80 valence electrons. The summed E-state index contributed by atoms with van der Waals surface area (Å²) < 4.78 is 0. The number of nitrogens with zero attached hydrogens (tertiary/aromatic N) is 2. The number of rotatable bonds is 0. The molecule has 6 nitrogen and oxygen atoms in total. The number of piperazine rings is 1. The van der Waals surface area contributed by atoms with Gasteiger partial charge in [0.15, 0.2) is 0 Å². The Morgan fingerprint density at radius 2 is 1.29 bits per heavy atom. The molecule has 0 bridgehead atoms. The van der Waals surface area contributed by atoms with Crippen LogP contribution in [0.2, 0.25) is 0 Å². The van der Waals surface area contributed by atoms with E-state index in [9.17, 15) is 9.59 Å². The van der Waals surface area contributed by atoms with E-state index in [1.54, 1.807) is 13.8 Å². The minimum absolute atomic E-state index is 0.239. The van der Waals surface area contributed by atoms with Gasteiger partial charge >= 0.3 is 12.2 Å². The fourth-order valence-corrected chi connectivity index (χ4v) is 1.66. The number of carboxylic acid groups (broad SMARTS) is 2. The first-order valence-corrected chi connectivity index (χ1v) is 4.42. The normalized spacial score (nSPS) is 27.6. The molecule has 14 heavy (non-hydrogen) atoms. The maximum Gasteiger partial charge on any atom is 0.407 e. The van der Waals surface area contributed by atoms with Gasteiger partial charge in [-0.3, -0.25) is 0 Å². The van der Waals surface area contributed by atoms with Crippen LogP contribution in [0, 0.1) is 0 Å². The molecule has 2 unspecified atom stereocenters. The van der Waals surface area contributed by atoms with E-state index in [0.717, 1.165) is 0 Å². The molecule has 0 aromatic heterocycles. The SMILES string of the molecule is CC1CN(C(=O)O)C(C)CN1C(=O)O. The number of carbonyl (C=O) groups is 2.